The van der Waals surface area contributed by atoms with Crippen LogP contribution in [-0.2, 0) is 14.4 Å². The van der Waals surface area contributed by atoms with E-state index in [1.807, 2.05) is 0 Å². The van der Waals surface area contributed by atoms with Crippen molar-refractivity contribution in [2.24, 2.45) is 0 Å². The molecule has 0 bridgehead atoms. The highest BCUT2D eigenvalue weighted by atomic mass is 16.7. The summed E-state index contributed by atoms with van der Waals surface area (Å²) in [5.74, 6) is -1.69. The van der Waals surface area contributed by atoms with Crippen molar-refractivity contribution in [2.75, 3.05) is 0 Å². The highest BCUT2D eigenvalue weighted by Crippen LogP contribution is 2.14. The molecule has 8 heteroatoms. The molecule has 8 nitrogen and oxygen atoms in total. The number of imide groups is 1. The van der Waals surface area contributed by atoms with Gasteiger partial charge in [-0.05, 0) is 12.5 Å². The molecule has 0 aliphatic heterocycles. The SMILES string of the molecule is CCCC(=O)N(C=O)OC(=O)c1cccc([N+](=O)[O-])c1. The van der Waals surface area contributed by atoms with Crippen molar-refractivity contribution in [3.05, 3.63) is 39.9 Å². The van der Waals surface area contributed by atoms with Crippen LogP contribution in [0.3, 0.4) is 0 Å². The number of hydroxylamine groups is 2. The Hall–Kier alpha value is -2.77. The minimum Gasteiger partial charge on any atom is -0.325 e. The number of carbonyl (C=O) groups excluding carboxylic acids is 3. The van der Waals surface area contributed by atoms with Gasteiger partial charge in [-0.1, -0.05) is 13.0 Å². The number of hydrogen-bond donors (Lipinski definition) is 0. The van der Waals surface area contributed by atoms with E-state index in [-0.39, 0.29) is 29.1 Å². The molecule has 2 amide bonds. The molecule has 0 unspecified atom stereocenters. The van der Waals surface area contributed by atoms with Gasteiger partial charge in [0.1, 0.15) is 0 Å². The summed E-state index contributed by atoms with van der Waals surface area (Å²) in [6.45, 7) is 1.73. The molecular weight excluding hydrogens is 268 g/mol. The lowest BCUT2D eigenvalue weighted by atomic mass is 10.2. The Morgan fingerprint density at radius 3 is 2.70 bits per heavy atom. The first-order chi connectivity index (χ1) is 9.49. The average Bonchev–Trinajstić information content (AvgIpc) is 2.44. The lowest BCUT2D eigenvalue weighted by molar-refractivity contribution is -0.384. The smallest absolute Gasteiger partial charge is 0.325 e. The predicted octanol–water partition coefficient (Wildman–Crippen LogP) is 1.45. The Morgan fingerprint density at radius 2 is 2.15 bits per heavy atom. The Balaban J connectivity index is 2.84. The third-order valence-corrected chi connectivity index (χ3v) is 2.28. The summed E-state index contributed by atoms with van der Waals surface area (Å²) in [5, 5.41) is 10.9. The third-order valence-electron chi connectivity index (χ3n) is 2.28. The second-order valence-electron chi connectivity index (χ2n) is 3.76. The maximum absolute atomic E-state index is 11.7. The Morgan fingerprint density at radius 1 is 1.45 bits per heavy atom. The average molecular weight is 280 g/mol. The number of non-ortho nitro benzene ring substituents is 1. The van der Waals surface area contributed by atoms with Gasteiger partial charge in [0.2, 0.25) is 0 Å². The summed E-state index contributed by atoms with van der Waals surface area (Å²) in [6.07, 6.45) is 0.603. The summed E-state index contributed by atoms with van der Waals surface area (Å²) in [6, 6.07) is 4.78. The van der Waals surface area contributed by atoms with E-state index in [0.717, 1.165) is 6.07 Å². The molecule has 106 valence electrons. The topological polar surface area (TPSA) is 107 Å². The second kappa shape index (κ2) is 6.98. The summed E-state index contributed by atoms with van der Waals surface area (Å²) < 4.78 is 0. The van der Waals surface area contributed by atoms with E-state index in [0.29, 0.717) is 6.42 Å². The molecule has 0 fully saturated rings. The van der Waals surface area contributed by atoms with Gasteiger partial charge in [-0.3, -0.25) is 19.7 Å². The van der Waals surface area contributed by atoms with Gasteiger partial charge in [-0.25, -0.2) is 4.79 Å². The van der Waals surface area contributed by atoms with Crippen LogP contribution in [0.15, 0.2) is 24.3 Å². The zero-order valence-electron chi connectivity index (χ0n) is 10.6. The van der Waals surface area contributed by atoms with Gasteiger partial charge in [0.05, 0.1) is 10.5 Å². The normalized spacial score (nSPS) is 9.65. The van der Waals surface area contributed by atoms with Gasteiger partial charge in [0.15, 0.2) is 0 Å². The molecule has 1 aromatic rings. The van der Waals surface area contributed by atoms with Crippen LogP contribution < -0.4 is 0 Å². The van der Waals surface area contributed by atoms with Crippen molar-refractivity contribution in [1.29, 1.82) is 0 Å². The largest absolute Gasteiger partial charge is 0.364 e. The molecule has 0 aliphatic rings. The van der Waals surface area contributed by atoms with E-state index >= 15 is 0 Å². The Labute approximate surface area is 114 Å². The first-order valence-corrected chi connectivity index (χ1v) is 5.73. The minimum atomic E-state index is -1.02. The van der Waals surface area contributed by atoms with E-state index in [2.05, 4.69) is 4.84 Å². The number of amides is 2. The predicted molar refractivity (Wildman–Crippen MR) is 66.3 cm³/mol. The first-order valence-electron chi connectivity index (χ1n) is 5.73. The maximum Gasteiger partial charge on any atom is 0.364 e. The van der Waals surface area contributed by atoms with Crippen molar-refractivity contribution in [1.82, 2.24) is 5.06 Å². The number of rotatable bonds is 5. The van der Waals surface area contributed by atoms with Crippen molar-refractivity contribution in [3.63, 3.8) is 0 Å². The third kappa shape index (κ3) is 3.87. The van der Waals surface area contributed by atoms with Crippen LogP contribution in [0.25, 0.3) is 0 Å². The van der Waals surface area contributed by atoms with E-state index < -0.39 is 16.8 Å². The number of carbonyl (C=O) groups is 3. The van der Waals surface area contributed by atoms with Crippen molar-refractivity contribution >= 4 is 24.0 Å². The van der Waals surface area contributed by atoms with Gasteiger partial charge in [-0.2, -0.15) is 0 Å². The molecule has 0 radical (unpaired) electrons. The Kier molecular flexibility index (Phi) is 5.33. The molecule has 0 saturated carbocycles. The highest BCUT2D eigenvalue weighted by molar-refractivity contribution is 5.93. The van der Waals surface area contributed by atoms with Gasteiger partial charge in [0, 0.05) is 18.6 Å². The fourth-order valence-electron chi connectivity index (χ4n) is 1.34. The summed E-state index contributed by atoms with van der Waals surface area (Å²) in [7, 11) is 0. The van der Waals surface area contributed by atoms with Crippen LogP contribution in [-0.4, -0.2) is 28.3 Å². The van der Waals surface area contributed by atoms with Crippen molar-refractivity contribution in [2.45, 2.75) is 19.8 Å². The Bertz CT molecular complexity index is 543. The summed E-state index contributed by atoms with van der Waals surface area (Å²) >= 11 is 0. The van der Waals surface area contributed by atoms with Crippen molar-refractivity contribution in [3.8, 4) is 0 Å². The zero-order chi connectivity index (χ0) is 15.1. The van der Waals surface area contributed by atoms with Gasteiger partial charge < -0.3 is 4.84 Å². The van der Waals surface area contributed by atoms with E-state index in [1.54, 1.807) is 6.92 Å². The van der Waals surface area contributed by atoms with E-state index in [9.17, 15) is 24.5 Å². The lowest BCUT2D eigenvalue weighted by Crippen LogP contribution is -2.32. The molecule has 0 aliphatic carbocycles. The molecule has 20 heavy (non-hydrogen) atoms. The number of nitro groups is 1. The molecule has 0 heterocycles. The van der Waals surface area contributed by atoms with Crippen LogP contribution in [0.4, 0.5) is 5.69 Å². The monoisotopic (exact) mass is 280 g/mol. The molecule has 0 N–H and O–H groups in total. The number of nitro benzene ring substituents is 1. The van der Waals surface area contributed by atoms with Crippen LogP contribution >= 0.6 is 0 Å². The molecule has 0 spiro atoms. The summed E-state index contributed by atoms with van der Waals surface area (Å²) in [4.78, 5) is 48.3. The highest BCUT2D eigenvalue weighted by Gasteiger charge is 2.20. The summed E-state index contributed by atoms with van der Waals surface area (Å²) in [5.41, 5.74) is -0.424. The van der Waals surface area contributed by atoms with Crippen molar-refractivity contribution < 1.29 is 24.1 Å². The number of hydrogen-bond acceptors (Lipinski definition) is 6. The van der Waals surface area contributed by atoms with Crippen LogP contribution in [0.5, 0.6) is 0 Å². The van der Waals surface area contributed by atoms with Crippen LogP contribution in [0, 0.1) is 10.1 Å². The van der Waals surface area contributed by atoms with Gasteiger partial charge in [0.25, 0.3) is 18.0 Å². The second-order valence-corrected chi connectivity index (χ2v) is 3.76. The van der Waals surface area contributed by atoms with E-state index in [1.165, 1.54) is 18.2 Å². The fourth-order valence-corrected chi connectivity index (χ4v) is 1.34. The van der Waals surface area contributed by atoms with Crippen LogP contribution in [0.2, 0.25) is 0 Å². The molecule has 0 atom stereocenters. The molecule has 1 rings (SSSR count). The standard InChI is InChI=1S/C12H12N2O6/c1-2-4-11(16)13(8-15)20-12(17)9-5-3-6-10(7-9)14(18)19/h3,5-8H,2,4H2,1H3. The molecule has 0 aromatic heterocycles. The number of nitrogens with zero attached hydrogens (tertiary/aromatic N) is 2. The lowest BCUT2D eigenvalue weighted by Gasteiger charge is -2.13. The maximum atomic E-state index is 11.7. The fraction of sp³-hybridized carbons (Fsp3) is 0.250. The molecule has 1 aromatic carbocycles. The van der Waals surface area contributed by atoms with Gasteiger partial charge in [-0.15, -0.1) is 5.06 Å². The minimum absolute atomic E-state index is 0.0426. The van der Waals surface area contributed by atoms with Gasteiger partial charge >= 0.3 is 5.97 Å². The zero-order valence-corrected chi connectivity index (χ0v) is 10.6. The number of benzene rings is 1. The molecular formula is C12H12N2O6. The van der Waals surface area contributed by atoms with E-state index in [4.69, 9.17) is 0 Å². The first kappa shape index (κ1) is 15.3. The quantitative estimate of drug-likeness (QED) is 0.459. The molecule has 0 saturated heterocycles. The van der Waals surface area contributed by atoms with Crippen LogP contribution in [0.1, 0.15) is 30.1 Å².